The van der Waals surface area contributed by atoms with E-state index in [1.807, 2.05) is 23.1 Å². The fourth-order valence-corrected chi connectivity index (χ4v) is 3.30. The number of aromatic nitrogens is 2. The van der Waals surface area contributed by atoms with Crippen molar-refractivity contribution in [1.82, 2.24) is 25.3 Å². The van der Waals surface area contributed by atoms with Gasteiger partial charge in [0.1, 0.15) is 0 Å². The molecule has 0 radical (unpaired) electrons. The molecule has 24 heavy (non-hydrogen) atoms. The van der Waals surface area contributed by atoms with Crippen LogP contribution < -0.4 is 10.6 Å². The molecule has 0 spiro atoms. The molecule has 2 aromatic rings. The van der Waals surface area contributed by atoms with Crippen LogP contribution in [0.5, 0.6) is 0 Å². The summed E-state index contributed by atoms with van der Waals surface area (Å²) >= 11 is 1.78. The summed E-state index contributed by atoms with van der Waals surface area (Å²) in [6.45, 7) is 5.47. The monoisotopic (exact) mass is 348 g/mol. The Kier molecular flexibility index (Phi) is 7.77. The number of aliphatic imine (C=N–C) groups is 1. The minimum absolute atomic E-state index is 0.310. The van der Waals surface area contributed by atoms with Crippen LogP contribution in [0.15, 0.2) is 41.0 Å². The summed E-state index contributed by atoms with van der Waals surface area (Å²) < 4.78 is 1.95. The van der Waals surface area contributed by atoms with Gasteiger partial charge in [-0.15, -0.1) is 11.3 Å². The van der Waals surface area contributed by atoms with Gasteiger partial charge in [0.15, 0.2) is 5.96 Å². The predicted octanol–water partition coefficient (Wildman–Crippen LogP) is 2.19. The standard InChI is InChI=1S/C17H28N6S/c1-4-18-17(19-9-6-11-23-12-7-10-21-23)20-14-15(22(2)3)16-8-5-13-24-16/h5,7-8,10,12-13,15H,4,6,9,11,14H2,1-3H3,(H2,18,19,20). The van der Waals surface area contributed by atoms with Gasteiger partial charge in [-0.2, -0.15) is 5.10 Å². The molecule has 132 valence electrons. The maximum atomic E-state index is 4.76. The zero-order valence-electron chi connectivity index (χ0n) is 14.8. The van der Waals surface area contributed by atoms with Crippen molar-refractivity contribution in [2.75, 3.05) is 33.7 Å². The van der Waals surface area contributed by atoms with Crippen molar-refractivity contribution in [2.24, 2.45) is 4.99 Å². The first-order chi connectivity index (χ1) is 11.7. The van der Waals surface area contributed by atoms with Crippen molar-refractivity contribution in [2.45, 2.75) is 25.9 Å². The molecule has 2 N–H and O–H groups in total. The molecule has 0 saturated carbocycles. The Balaban J connectivity index is 1.84. The first-order valence-corrected chi connectivity index (χ1v) is 9.28. The van der Waals surface area contributed by atoms with Gasteiger partial charge in [0.05, 0.1) is 12.6 Å². The molecule has 6 nitrogen and oxygen atoms in total. The first kappa shape index (κ1) is 18.5. The smallest absolute Gasteiger partial charge is 0.191 e. The number of aryl methyl sites for hydroxylation is 1. The van der Waals surface area contributed by atoms with Crippen LogP contribution in [0.1, 0.15) is 24.3 Å². The lowest BCUT2D eigenvalue weighted by Crippen LogP contribution is -2.38. The molecule has 7 heteroatoms. The van der Waals surface area contributed by atoms with Gasteiger partial charge in [0.2, 0.25) is 0 Å². The van der Waals surface area contributed by atoms with Crippen molar-refractivity contribution in [1.29, 1.82) is 0 Å². The highest BCUT2D eigenvalue weighted by atomic mass is 32.1. The third-order valence-electron chi connectivity index (χ3n) is 3.68. The van der Waals surface area contributed by atoms with Gasteiger partial charge in [-0.05, 0) is 45.0 Å². The Morgan fingerprint density at radius 2 is 2.25 bits per heavy atom. The van der Waals surface area contributed by atoms with E-state index in [1.165, 1.54) is 4.88 Å². The second kappa shape index (κ2) is 10.1. The second-order valence-electron chi connectivity index (χ2n) is 5.76. The Labute approximate surface area is 148 Å². The summed E-state index contributed by atoms with van der Waals surface area (Å²) in [5.41, 5.74) is 0. The van der Waals surface area contributed by atoms with E-state index in [0.717, 1.165) is 38.6 Å². The Hall–Kier alpha value is -1.86. The lowest BCUT2D eigenvalue weighted by atomic mass is 10.2. The Morgan fingerprint density at radius 1 is 1.38 bits per heavy atom. The average molecular weight is 349 g/mol. The van der Waals surface area contributed by atoms with Gasteiger partial charge in [0.25, 0.3) is 0 Å². The third kappa shape index (κ3) is 5.98. The molecule has 2 rings (SSSR count). The molecule has 1 atom stereocenters. The third-order valence-corrected chi connectivity index (χ3v) is 4.65. The number of rotatable bonds is 9. The zero-order valence-corrected chi connectivity index (χ0v) is 15.6. The van der Waals surface area contributed by atoms with E-state index in [2.05, 4.69) is 59.2 Å². The van der Waals surface area contributed by atoms with Gasteiger partial charge in [-0.3, -0.25) is 9.67 Å². The van der Waals surface area contributed by atoms with Crippen LogP contribution in [-0.4, -0.2) is 54.4 Å². The molecule has 0 fully saturated rings. The first-order valence-electron chi connectivity index (χ1n) is 8.40. The lowest BCUT2D eigenvalue weighted by molar-refractivity contribution is 0.310. The molecular formula is C17H28N6S. The van der Waals surface area contributed by atoms with Crippen LogP contribution in [0.4, 0.5) is 0 Å². The molecule has 0 aliphatic carbocycles. The molecule has 2 heterocycles. The van der Waals surface area contributed by atoms with Crippen molar-refractivity contribution in [3.8, 4) is 0 Å². The number of nitrogens with zero attached hydrogens (tertiary/aromatic N) is 4. The summed E-state index contributed by atoms with van der Waals surface area (Å²) in [4.78, 5) is 8.33. The van der Waals surface area contributed by atoms with Crippen molar-refractivity contribution >= 4 is 17.3 Å². The highest BCUT2D eigenvalue weighted by molar-refractivity contribution is 7.10. The van der Waals surface area contributed by atoms with E-state index in [0.29, 0.717) is 6.04 Å². The maximum Gasteiger partial charge on any atom is 0.191 e. The largest absolute Gasteiger partial charge is 0.357 e. The van der Waals surface area contributed by atoms with Gasteiger partial charge >= 0.3 is 0 Å². The van der Waals surface area contributed by atoms with E-state index < -0.39 is 0 Å². The maximum absolute atomic E-state index is 4.76. The Morgan fingerprint density at radius 3 is 2.88 bits per heavy atom. The van der Waals surface area contributed by atoms with Gasteiger partial charge in [0, 0.05) is 36.9 Å². The number of hydrogen-bond acceptors (Lipinski definition) is 4. The number of guanidine groups is 1. The summed E-state index contributed by atoms with van der Waals surface area (Å²) in [6, 6.07) is 6.53. The summed E-state index contributed by atoms with van der Waals surface area (Å²) in [7, 11) is 4.20. The fraction of sp³-hybridized carbons (Fsp3) is 0.529. The normalized spacial score (nSPS) is 13.2. The number of likely N-dealkylation sites (N-methyl/N-ethyl adjacent to an activating group) is 1. The van der Waals surface area contributed by atoms with E-state index in [4.69, 9.17) is 4.99 Å². The molecule has 0 amide bonds. The van der Waals surface area contributed by atoms with Crippen molar-refractivity contribution in [3.05, 3.63) is 40.8 Å². The van der Waals surface area contributed by atoms with E-state index >= 15 is 0 Å². The molecule has 0 bridgehead atoms. The van der Waals surface area contributed by atoms with E-state index in [-0.39, 0.29) is 0 Å². The predicted molar refractivity (Wildman–Crippen MR) is 102 cm³/mol. The zero-order chi connectivity index (χ0) is 17.2. The molecule has 0 aliphatic rings. The van der Waals surface area contributed by atoms with E-state index in [9.17, 15) is 0 Å². The van der Waals surface area contributed by atoms with Crippen molar-refractivity contribution < 1.29 is 0 Å². The summed E-state index contributed by atoms with van der Waals surface area (Å²) in [6.07, 6.45) is 4.81. The fourth-order valence-electron chi connectivity index (χ4n) is 2.39. The quantitative estimate of drug-likeness (QED) is 0.414. The van der Waals surface area contributed by atoms with Crippen LogP contribution >= 0.6 is 11.3 Å². The molecule has 0 aliphatic heterocycles. The molecule has 0 aromatic carbocycles. The molecule has 1 unspecified atom stereocenters. The average Bonchev–Trinajstić information content (AvgIpc) is 3.25. The van der Waals surface area contributed by atoms with Crippen LogP contribution in [-0.2, 0) is 6.54 Å². The lowest BCUT2D eigenvalue weighted by Gasteiger charge is -2.22. The second-order valence-corrected chi connectivity index (χ2v) is 6.74. The van der Waals surface area contributed by atoms with Crippen molar-refractivity contribution in [3.63, 3.8) is 0 Å². The summed E-state index contributed by atoms with van der Waals surface area (Å²) in [5.74, 6) is 0.876. The van der Waals surface area contributed by atoms with Gasteiger partial charge in [-0.1, -0.05) is 6.07 Å². The SMILES string of the molecule is CCNC(=NCC(c1cccs1)N(C)C)NCCCn1cccn1. The van der Waals surface area contributed by atoms with E-state index in [1.54, 1.807) is 11.3 Å². The van der Waals surface area contributed by atoms with Crippen LogP contribution in [0.25, 0.3) is 0 Å². The van der Waals surface area contributed by atoms with Crippen LogP contribution in [0.3, 0.4) is 0 Å². The van der Waals surface area contributed by atoms with Gasteiger partial charge in [-0.25, -0.2) is 0 Å². The number of hydrogen-bond donors (Lipinski definition) is 2. The number of thiophene rings is 1. The summed E-state index contributed by atoms with van der Waals surface area (Å²) in [5, 5.41) is 13.1. The van der Waals surface area contributed by atoms with Crippen LogP contribution in [0, 0.1) is 0 Å². The van der Waals surface area contributed by atoms with Gasteiger partial charge < -0.3 is 15.5 Å². The minimum Gasteiger partial charge on any atom is -0.357 e. The topological polar surface area (TPSA) is 57.5 Å². The highest BCUT2D eigenvalue weighted by Crippen LogP contribution is 2.23. The highest BCUT2D eigenvalue weighted by Gasteiger charge is 2.14. The number of nitrogens with one attached hydrogen (secondary N) is 2. The molecule has 2 aromatic heterocycles. The minimum atomic E-state index is 0.310. The molecular weight excluding hydrogens is 320 g/mol. The molecule has 0 saturated heterocycles. The Bertz CT molecular complexity index is 576. The van der Waals surface area contributed by atoms with Crippen LogP contribution in [0.2, 0.25) is 0 Å².